The molecule has 0 aliphatic heterocycles. The fourth-order valence-corrected chi connectivity index (χ4v) is 2.34. The van der Waals surface area contributed by atoms with E-state index in [1.54, 1.807) is 6.07 Å². The van der Waals surface area contributed by atoms with Crippen molar-refractivity contribution in [3.05, 3.63) is 34.9 Å². The van der Waals surface area contributed by atoms with Gasteiger partial charge in [0.25, 0.3) is 0 Å². The average Bonchev–Trinajstić information content (AvgIpc) is 2.24. The van der Waals surface area contributed by atoms with Crippen LogP contribution in [0.4, 0.5) is 0 Å². The van der Waals surface area contributed by atoms with Crippen molar-refractivity contribution in [3.8, 4) is 0 Å². The minimum atomic E-state index is -3.37. The van der Waals surface area contributed by atoms with Crippen LogP contribution in [0.3, 0.4) is 0 Å². The molecule has 0 saturated carbocycles. The number of hydrogen-bond donors (Lipinski definition) is 0. The molecule has 0 saturated heterocycles. The molecule has 0 aliphatic rings. The van der Waals surface area contributed by atoms with Crippen LogP contribution in [-0.4, -0.2) is 20.8 Å². The van der Waals surface area contributed by atoms with E-state index in [1.165, 1.54) is 0 Å². The first-order valence-corrected chi connectivity index (χ1v) is 8.08. The van der Waals surface area contributed by atoms with Crippen molar-refractivity contribution in [1.29, 1.82) is 0 Å². The highest BCUT2D eigenvalue weighted by molar-refractivity contribution is 8.13. The fraction of sp³-hybridized carbons (Fsp3) is 0.455. The highest BCUT2D eigenvalue weighted by Gasteiger charge is 2.04. The summed E-state index contributed by atoms with van der Waals surface area (Å²) in [6, 6.07) is 7.45. The molecule has 0 aliphatic carbocycles. The zero-order valence-electron chi connectivity index (χ0n) is 9.23. The lowest BCUT2D eigenvalue weighted by Crippen LogP contribution is -2.01. The fourth-order valence-electron chi connectivity index (χ4n) is 1.28. The van der Waals surface area contributed by atoms with E-state index >= 15 is 0 Å². The summed E-state index contributed by atoms with van der Waals surface area (Å²) >= 11 is 5.95. The molecule has 3 nitrogen and oxygen atoms in total. The Morgan fingerprint density at radius 3 is 2.53 bits per heavy atom. The SMILES string of the molecule is O=S(=O)(Cl)CCCCOCc1ccccc1Cl. The first kappa shape index (κ1) is 14.8. The first-order valence-electron chi connectivity index (χ1n) is 5.22. The molecule has 96 valence electrons. The van der Waals surface area contributed by atoms with Gasteiger partial charge in [0.05, 0.1) is 12.4 Å². The predicted octanol–water partition coefficient (Wildman–Crippen LogP) is 3.21. The van der Waals surface area contributed by atoms with Crippen molar-refractivity contribution in [1.82, 2.24) is 0 Å². The van der Waals surface area contributed by atoms with Crippen molar-refractivity contribution < 1.29 is 13.2 Å². The van der Waals surface area contributed by atoms with E-state index < -0.39 is 9.05 Å². The van der Waals surface area contributed by atoms with Gasteiger partial charge in [-0.05, 0) is 24.5 Å². The number of halogens is 2. The Bertz CT molecular complexity index is 446. The topological polar surface area (TPSA) is 43.4 Å². The van der Waals surface area contributed by atoms with Crippen LogP contribution in [0, 0.1) is 0 Å². The van der Waals surface area contributed by atoms with Crippen LogP contribution in [0.15, 0.2) is 24.3 Å². The van der Waals surface area contributed by atoms with Crippen LogP contribution >= 0.6 is 22.3 Å². The molecule has 1 aromatic rings. The van der Waals surface area contributed by atoms with E-state index in [0.29, 0.717) is 31.1 Å². The molecule has 0 fully saturated rings. The smallest absolute Gasteiger partial charge is 0.232 e. The summed E-state index contributed by atoms with van der Waals surface area (Å²) in [6.45, 7) is 0.935. The van der Waals surface area contributed by atoms with Crippen LogP contribution in [0.1, 0.15) is 18.4 Å². The van der Waals surface area contributed by atoms with Gasteiger partial charge in [-0.2, -0.15) is 0 Å². The Kier molecular flexibility index (Phi) is 6.27. The molecule has 0 N–H and O–H groups in total. The summed E-state index contributed by atoms with van der Waals surface area (Å²) in [6.07, 6.45) is 1.17. The third kappa shape index (κ3) is 6.88. The van der Waals surface area contributed by atoms with Gasteiger partial charge in [0.15, 0.2) is 0 Å². The maximum atomic E-state index is 10.6. The highest BCUT2D eigenvalue weighted by atomic mass is 35.7. The summed E-state index contributed by atoms with van der Waals surface area (Å²) < 4.78 is 26.7. The van der Waals surface area contributed by atoms with E-state index in [9.17, 15) is 8.42 Å². The van der Waals surface area contributed by atoms with E-state index in [1.807, 2.05) is 18.2 Å². The van der Waals surface area contributed by atoms with E-state index in [4.69, 9.17) is 27.0 Å². The van der Waals surface area contributed by atoms with Gasteiger partial charge in [-0.3, -0.25) is 0 Å². The average molecular weight is 297 g/mol. The predicted molar refractivity (Wildman–Crippen MR) is 70.0 cm³/mol. The minimum Gasteiger partial charge on any atom is -0.377 e. The second kappa shape index (κ2) is 7.21. The second-order valence-corrected chi connectivity index (χ2v) is 6.90. The van der Waals surface area contributed by atoms with Crippen molar-refractivity contribution in [2.24, 2.45) is 0 Å². The van der Waals surface area contributed by atoms with Crippen molar-refractivity contribution in [2.45, 2.75) is 19.4 Å². The summed E-state index contributed by atoms with van der Waals surface area (Å²) in [7, 11) is 1.70. The maximum Gasteiger partial charge on any atom is 0.232 e. The highest BCUT2D eigenvalue weighted by Crippen LogP contribution is 2.15. The summed E-state index contributed by atoms with van der Waals surface area (Å²) in [5.74, 6) is -0.00991. The van der Waals surface area contributed by atoms with Crippen LogP contribution in [0.25, 0.3) is 0 Å². The Morgan fingerprint density at radius 2 is 1.88 bits per heavy atom. The minimum absolute atomic E-state index is 0.00991. The lowest BCUT2D eigenvalue weighted by molar-refractivity contribution is 0.118. The maximum absolute atomic E-state index is 10.6. The third-order valence-electron chi connectivity index (χ3n) is 2.14. The standard InChI is InChI=1S/C11H14Cl2O3S/c12-11-6-2-1-5-10(11)9-16-7-3-4-8-17(13,14)15/h1-2,5-6H,3-4,7-9H2. The number of unbranched alkanes of at least 4 members (excludes halogenated alkanes) is 1. The summed E-state index contributed by atoms with van der Waals surface area (Å²) in [5.41, 5.74) is 0.930. The van der Waals surface area contributed by atoms with Gasteiger partial charge in [-0.25, -0.2) is 8.42 Å². The number of rotatable bonds is 7. The first-order chi connectivity index (χ1) is 7.99. The zero-order valence-corrected chi connectivity index (χ0v) is 11.6. The van der Waals surface area contributed by atoms with Gasteiger partial charge in [0.2, 0.25) is 9.05 Å². The molecule has 1 rings (SSSR count). The van der Waals surface area contributed by atoms with Crippen LogP contribution in [0.2, 0.25) is 5.02 Å². The number of ether oxygens (including phenoxy) is 1. The Balaban J connectivity index is 2.15. The molecule has 17 heavy (non-hydrogen) atoms. The molecule has 0 radical (unpaired) electrons. The molecular formula is C11H14Cl2O3S. The quantitative estimate of drug-likeness (QED) is 0.573. The molecular weight excluding hydrogens is 283 g/mol. The normalized spacial score (nSPS) is 11.6. The van der Waals surface area contributed by atoms with Gasteiger partial charge in [0.1, 0.15) is 0 Å². The van der Waals surface area contributed by atoms with E-state index in [0.717, 1.165) is 5.56 Å². The van der Waals surface area contributed by atoms with Crippen LogP contribution < -0.4 is 0 Å². The molecule has 0 bridgehead atoms. The van der Waals surface area contributed by atoms with E-state index in [-0.39, 0.29) is 5.75 Å². The Hall–Kier alpha value is -0.290. The van der Waals surface area contributed by atoms with Gasteiger partial charge in [-0.1, -0.05) is 29.8 Å². The van der Waals surface area contributed by atoms with E-state index in [2.05, 4.69) is 0 Å². The van der Waals surface area contributed by atoms with Gasteiger partial charge >= 0.3 is 0 Å². The molecule has 0 heterocycles. The third-order valence-corrected chi connectivity index (χ3v) is 3.75. The van der Waals surface area contributed by atoms with Crippen molar-refractivity contribution in [3.63, 3.8) is 0 Å². The second-order valence-electron chi connectivity index (χ2n) is 3.59. The van der Waals surface area contributed by atoms with Crippen LogP contribution in [0.5, 0.6) is 0 Å². The van der Waals surface area contributed by atoms with Crippen LogP contribution in [-0.2, 0) is 20.4 Å². The monoisotopic (exact) mass is 296 g/mol. The van der Waals surface area contributed by atoms with Gasteiger partial charge in [-0.15, -0.1) is 0 Å². The molecule has 1 aromatic carbocycles. The lowest BCUT2D eigenvalue weighted by atomic mass is 10.2. The Morgan fingerprint density at radius 1 is 1.18 bits per heavy atom. The molecule has 0 spiro atoms. The lowest BCUT2D eigenvalue weighted by Gasteiger charge is -2.05. The molecule has 0 aromatic heterocycles. The van der Waals surface area contributed by atoms with Crippen molar-refractivity contribution >= 4 is 31.3 Å². The molecule has 0 atom stereocenters. The number of benzene rings is 1. The van der Waals surface area contributed by atoms with Crippen molar-refractivity contribution in [2.75, 3.05) is 12.4 Å². The molecule has 0 amide bonds. The Labute approximate surface area is 111 Å². The molecule has 0 unspecified atom stereocenters. The number of hydrogen-bond acceptors (Lipinski definition) is 3. The summed E-state index contributed by atoms with van der Waals surface area (Å²) in [4.78, 5) is 0. The largest absolute Gasteiger partial charge is 0.377 e. The summed E-state index contributed by atoms with van der Waals surface area (Å²) in [5, 5.41) is 0.677. The zero-order chi connectivity index (χ0) is 12.7. The molecule has 6 heteroatoms. The van der Waals surface area contributed by atoms with Gasteiger partial charge < -0.3 is 4.74 Å². The van der Waals surface area contributed by atoms with Gasteiger partial charge in [0, 0.05) is 22.3 Å².